The molecule has 0 radical (unpaired) electrons. The van der Waals surface area contributed by atoms with E-state index in [-0.39, 0.29) is 16.5 Å². The molecular weight excluding hydrogens is 413 g/mol. The van der Waals surface area contributed by atoms with Crippen LogP contribution in [-0.4, -0.2) is 38.1 Å². The number of hydrogen-bond acceptors (Lipinski definition) is 6. The van der Waals surface area contributed by atoms with Crippen molar-refractivity contribution in [2.24, 2.45) is 10.1 Å². The topological polar surface area (TPSA) is 85.9 Å². The highest BCUT2D eigenvalue weighted by Gasteiger charge is 2.13. The maximum Gasteiger partial charge on any atom is 0.140 e. The van der Waals surface area contributed by atoms with Crippen molar-refractivity contribution in [1.29, 1.82) is 0 Å². The number of anilines is 3. The average Bonchev–Trinajstić information content (AvgIpc) is 2.67. The molecule has 156 valence electrons. The van der Waals surface area contributed by atoms with Gasteiger partial charge in [-0.1, -0.05) is 23.7 Å². The fourth-order valence-electron chi connectivity index (χ4n) is 2.49. The van der Waals surface area contributed by atoms with E-state index >= 15 is 0 Å². The molecule has 9 heteroatoms. The largest absolute Gasteiger partial charge is 0.512 e. The van der Waals surface area contributed by atoms with Gasteiger partial charge in [-0.2, -0.15) is 4.40 Å². The first-order valence-corrected chi connectivity index (χ1v) is 10.1. The Hall–Kier alpha value is -2.42. The lowest BCUT2D eigenvalue weighted by atomic mass is 10.2. The molecule has 2 aromatic carbocycles. The van der Waals surface area contributed by atoms with Gasteiger partial charge in [0.15, 0.2) is 0 Å². The minimum absolute atomic E-state index is 0.0169. The quantitative estimate of drug-likeness (QED) is 0.197. The van der Waals surface area contributed by atoms with Crippen LogP contribution in [0.5, 0.6) is 0 Å². The van der Waals surface area contributed by atoms with E-state index in [0.29, 0.717) is 10.7 Å². The van der Waals surface area contributed by atoms with Crippen molar-refractivity contribution in [1.82, 2.24) is 5.32 Å². The molecule has 6 nitrogen and oxygen atoms in total. The molecule has 0 aliphatic heterocycles. The Morgan fingerprint density at radius 3 is 2.76 bits per heavy atom. The van der Waals surface area contributed by atoms with Crippen molar-refractivity contribution in [3.05, 3.63) is 59.1 Å². The van der Waals surface area contributed by atoms with Crippen molar-refractivity contribution in [2.75, 3.05) is 37.4 Å². The Kier molecular flexibility index (Phi) is 8.63. The zero-order valence-corrected chi connectivity index (χ0v) is 18.1. The number of amidine groups is 1. The van der Waals surface area contributed by atoms with Gasteiger partial charge in [-0.15, -0.1) is 0 Å². The average molecular weight is 438 g/mol. The summed E-state index contributed by atoms with van der Waals surface area (Å²) in [6, 6.07) is 10.6. The van der Waals surface area contributed by atoms with Crippen molar-refractivity contribution >= 4 is 46.4 Å². The van der Waals surface area contributed by atoms with Gasteiger partial charge in [0.25, 0.3) is 0 Å². The molecule has 0 heterocycles. The normalized spacial score (nSPS) is 12.2. The summed E-state index contributed by atoms with van der Waals surface area (Å²) in [5, 5.41) is 15.9. The van der Waals surface area contributed by atoms with Crippen LogP contribution in [-0.2, 0) is 0 Å². The first-order valence-electron chi connectivity index (χ1n) is 8.90. The van der Waals surface area contributed by atoms with E-state index in [2.05, 4.69) is 19.9 Å². The Bertz CT molecular complexity index is 902. The molecule has 2 aromatic rings. The molecule has 0 fully saturated rings. The predicted octanol–water partition coefficient (Wildman–Crippen LogP) is 4.70. The number of likely N-dealkylation sites (N-methyl/N-ethyl adjacent to an activating group) is 2. The van der Waals surface area contributed by atoms with E-state index in [4.69, 9.17) is 17.3 Å². The fourth-order valence-corrected chi connectivity index (χ4v) is 3.34. The van der Waals surface area contributed by atoms with Crippen LogP contribution in [0, 0.1) is 5.82 Å². The van der Waals surface area contributed by atoms with Gasteiger partial charge in [-0.25, -0.2) is 4.39 Å². The Balaban J connectivity index is 2.23. The van der Waals surface area contributed by atoms with Crippen molar-refractivity contribution in [3.8, 4) is 0 Å². The summed E-state index contributed by atoms with van der Waals surface area (Å²) in [4.78, 5) is 2.33. The SMILES string of the molecule is CNCCN(C)c1ccccc1Nc1cc(F)c(SN=C(N)/C=C(/C)O)cc1Cl. The Labute approximate surface area is 179 Å². The molecule has 0 amide bonds. The molecule has 0 saturated heterocycles. The fraction of sp³-hybridized carbons (Fsp3) is 0.250. The van der Waals surface area contributed by atoms with Gasteiger partial charge in [-0.05, 0) is 32.2 Å². The third-order valence-corrected chi connectivity index (χ3v) is 5.03. The monoisotopic (exact) mass is 437 g/mol. The highest BCUT2D eigenvalue weighted by atomic mass is 35.5. The van der Waals surface area contributed by atoms with Crippen molar-refractivity contribution < 1.29 is 9.50 Å². The lowest BCUT2D eigenvalue weighted by molar-refractivity contribution is 0.415. The molecule has 0 spiro atoms. The molecular formula is C20H25ClFN5OS. The minimum Gasteiger partial charge on any atom is -0.512 e. The second-order valence-corrected chi connectivity index (χ2v) is 7.54. The standard InChI is InChI=1S/C20H25ClFN5OS/c1-13(28)10-20(23)26-29-19-11-14(21)17(12-15(19)22)25-16-6-4-5-7-18(16)27(3)9-8-24-2/h4-7,10-12,24-25,28H,8-9H2,1-3H3,(H2,23,26)/b13-10-. The van der Waals surface area contributed by atoms with E-state index in [9.17, 15) is 9.50 Å². The number of para-hydroxylation sites is 2. The summed E-state index contributed by atoms with van der Waals surface area (Å²) >= 11 is 7.22. The number of halogens is 2. The van der Waals surface area contributed by atoms with E-state index < -0.39 is 5.82 Å². The molecule has 0 aliphatic rings. The minimum atomic E-state index is -0.482. The number of nitrogens with one attached hydrogen (secondary N) is 2. The van der Waals surface area contributed by atoms with Crippen LogP contribution in [0.15, 0.2) is 57.5 Å². The van der Waals surface area contributed by atoms with Crippen molar-refractivity contribution in [2.45, 2.75) is 11.8 Å². The van der Waals surface area contributed by atoms with Crippen LogP contribution in [0.3, 0.4) is 0 Å². The summed E-state index contributed by atoms with van der Waals surface area (Å²) in [5.74, 6) is -0.390. The molecule has 0 aromatic heterocycles. The van der Waals surface area contributed by atoms with E-state index in [1.165, 1.54) is 25.1 Å². The summed E-state index contributed by atoms with van der Waals surface area (Å²) < 4.78 is 18.5. The lowest BCUT2D eigenvalue weighted by Crippen LogP contribution is -2.27. The van der Waals surface area contributed by atoms with Crippen LogP contribution in [0.4, 0.5) is 21.5 Å². The van der Waals surface area contributed by atoms with Gasteiger partial charge in [0.1, 0.15) is 11.7 Å². The van der Waals surface area contributed by atoms with E-state index in [1.807, 2.05) is 38.4 Å². The molecule has 0 bridgehead atoms. The van der Waals surface area contributed by atoms with Crippen LogP contribution >= 0.6 is 23.5 Å². The lowest BCUT2D eigenvalue weighted by Gasteiger charge is -2.23. The van der Waals surface area contributed by atoms with E-state index in [1.54, 1.807) is 0 Å². The van der Waals surface area contributed by atoms with Gasteiger partial charge in [-0.3, -0.25) is 0 Å². The smallest absolute Gasteiger partial charge is 0.140 e. The second-order valence-electron chi connectivity index (χ2n) is 6.32. The molecule has 29 heavy (non-hydrogen) atoms. The highest BCUT2D eigenvalue weighted by molar-refractivity contribution is 7.98. The number of rotatable bonds is 9. The zero-order valence-electron chi connectivity index (χ0n) is 16.5. The molecule has 5 N–H and O–H groups in total. The summed E-state index contributed by atoms with van der Waals surface area (Å²) in [6.07, 6.45) is 1.28. The molecule has 0 atom stereocenters. The number of hydrogen-bond donors (Lipinski definition) is 4. The Morgan fingerprint density at radius 2 is 2.07 bits per heavy atom. The third-order valence-electron chi connectivity index (χ3n) is 3.91. The van der Waals surface area contributed by atoms with Gasteiger partial charge >= 0.3 is 0 Å². The number of aliphatic hydroxyl groups excluding tert-OH is 1. The molecule has 0 unspecified atom stereocenters. The second kappa shape index (κ2) is 10.9. The Morgan fingerprint density at radius 1 is 1.34 bits per heavy atom. The number of nitrogens with zero attached hydrogens (tertiary/aromatic N) is 2. The number of benzene rings is 2. The molecule has 0 aliphatic carbocycles. The first kappa shape index (κ1) is 22.9. The van der Waals surface area contributed by atoms with E-state index in [0.717, 1.165) is 36.4 Å². The van der Waals surface area contributed by atoms with Gasteiger partial charge < -0.3 is 26.4 Å². The van der Waals surface area contributed by atoms with Crippen LogP contribution < -0.4 is 21.3 Å². The maximum absolute atomic E-state index is 14.6. The summed E-state index contributed by atoms with van der Waals surface area (Å²) in [7, 11) is 3.89. The summed E-state index contributed by atoms with van der Waals surface area (Å²) in [5.41, 5.74) is 7.88. The van der Waals surface area contributed by atoms with Crippen molar-refractivity contribution in [3.63, 3.8) is 0 Å². The predicted molar refractivity (Wildman–Crippen MR) is 122 cm³/mol. The third kappa shape index (κ3) is 6.85. The first-order chi connectivity index (χ1) is 13.8. The number of nitrogens with two attached hydrogens (primary N) is 1. The molecule has 0 saturated carbocycles. The zero-order chi connectivity index (χ0) is 21.4. The van der Waals surface area contributed by atoms with Gasteiger partial charge in [0.05, 0.1) is 32.7 Å². The summed E-state index contributed by atoms with van der Waals surface area (Å²) in [6.45, 7) is 3.12. The van der Waals surface area contributed by atoms with Crippen LogP contribution in [0.25, 0.3) is 0 Å². The highest BCUT2D eigenvalue weighted by Crippen LogP contribution is 2.35. The van der Waals surface area contributed by atoms with Crippen LogP contribution in [0.2, 0.25) is 5.02 Å². The number of allylic oxidation sites excluding steroid dienone is 1. The van der Waals surface area contributed by atoms with Gasteiger partial charge in [0, 0.05) is 44.2 Å². The van der Waals surface area contributed by atoms with Crippen LogP contribution in [0.1, 0.15) is 6.92 Å². The molecule has 2 rings (SSSR count). The van der Waals surface area contributed by atoms with Gasteiger partial charge in [0.2, 0.25) is 0 Å². The number of aliphatic hydroxyl groups is 1. The maximum atomic E-state index is 14.6.